The first-order chi connectivity index (χ1) is 11.0. The summed E-state index contributed by atoms with van der Waals surface area (Å²) in [5.74, 6) is 0.0712. The van der Waals surface area contributed by atoms with E-state index in [9.17, 15) is 9.90 Å². The van der Waals surface area contributed by atoms with E-state index >= 15 is 0 Å². The van der Waals surface area contributed by atoms with Gasteiger partial charge in [0, 0.05) is 0 Å². The molecule has 0 unspecified atom stereocenters. The van der Waals surface area contributed by atoms with Crippen molar-refractivity contribution < 1.29 is 9.90 Å². The lowest BCUT2D eigenvalue weighted by molar-refractivity contribution is -0.115. The Morgan fingerprint density at radius 1 is 1.22 bits per heavy atom. The molecule has 1 aliphatic heterocycles. The van der Waals surface area contributed by atoms with E-state index in [1.54, 1.807) is 18.2 Å². The van der Waals surface area contributed by atoms with Gasteiger partial charge in [0.05, 0.1) is 14.2 Å². The third kappa shape index (κ3) is 3.94. The number of nitrogens with zero attached hydrogens (tertiary/aromatic N) is 1. The van der Waals surface area contributed by atoms with Gasteiger partial charge in [0.25, 0.3) is 5.91 Å². The molecule has 1 heterocycles. The Morgan fingerprint density at radius 3 is 2.65 bits per heavy atom. The molecule has 1 amide bonds. The first kappa shape index (κ1) is 16.1. The second-order valence-electron chi connectivity index (χ2n) is 5.03. The topological polar surface area (TPSA) is 61.7 Å². The van der Waals surface area contributed by atoms with Gasteiger partial charge in [0.2, 0.25) is 0 Å². The number of phenols is 1. The van der Waals surface area contributed by atoms with Gasteiger partial charge in [-0.1, -0.05) is 23.8 Å². The fourth-order valence-electron chi connectivity index (χ4n) is 1.98. The van der Waals surface area contributed by atoms with E-state index in [1.165, 1.54) is 17.3 Å². The van der Waals surface area contributed by atoms with Crippen molar-refractivity contribution >= 4 is 57.2 Å². The molecular formula is C17H13IN2O2S. The van der Waals surface area contributed by atoms with Crippen molar-refractivity contribution in [2.45, 2.75) is 6.92 Å². The minimum Gasteiger partial charge on any atom is -0.507 e. The number of amidine groups is 1. The molecule has 0 aromatic heterocycles. The van der Waals surface area contributed by atoms with Crippen LogP contribution in [0.4, 0.5) is 5.69 Å². The molecule has 0 radical (unpaired) electrons. The number of hydrogen-bond donors (Lipinski definition) is 2. The molecule has 1 fully saturated rings. The molecule has 1 aliphatic rings. The van der Waals surface area contributed by atoms with E-state index in [2.05, 4.69) is 32.9 Å². The first-order valence-electron chi connectivity index (χ1n) is 6.86. The van der Waals surface area contributed by atoms with E-state index in [0.29, 0.717) is 10.1 Å². The number of nitrogens with one attached hydrogen (secondary N) is 1. The monoisotopic (exact) mass is 436 g/mol. The van der Waals surface area contributed by atoms with E-state index < -0.39 is 0 Å². The molecule has 0 aliphatic carbocycles. The van der Waals surface area contributed by atoms with Gasteiger partial charge in [-0.3, -0.25) is 4.79 Å². The Labute approximate surface area is 151 Å². The van der Waals surface area contributed by atoms with E-state index in [1.807, 2.05) is 37.3 Å². The van der Waals surface area contributed by atoms with Gasteiger partial charge in [0.15, 0.2) is 5.17 Å². The lowest BCUT2D eigenvalue weighted by Gasteiger charge is -1.99. The smallest absolute Gasteiger partial charge is 0.264 e. The van der Waals surface area contributed by atoms with Crippen LogP contribution >= 0.6 is 34.4 Å². The van der Waals surface area contributed by atoms with E-state index in [-0.39, 0.29) is 11.7 Å². The number of aryl methyl sites for hydroxylation is 1. The number of carbonyl (C=O) groups is 1. The lowest BCUT2D eigenvalue weighted by Crippen LogP contribution is -2.19. The number of rotatable bonds is 2. The third-order valence-corrected chi connectivity index (χ3v) is 4.96. The van der Waals surface area contributed by atoms with Crippen LogP contribution in [0.5, 0.6) is 5.75 Å². The number of halogens is 1. The van der Waals surface area contributed by atoms with Crippen molar-refractivity contribution in [2.75, 3.05) is 0 Å². The van der Waals surface area contributed by atoms with Gasteiger partial charge in [-0.05, 0) is 77.2 Å². The fourth-order valence-corrected chi connectivity index (χ4v) is 3.36. The molecule has 0 saturated carbocycles. The van der Waals surface area contributed by atoms with Crippen LogP contribution in [0.2, 0.25) is 0 Å². The van der Waals surface area contributed by atoms with Gasteiger partial charge >= 0.3 is 0 Å². The van der Waals surface area contributed by atoms with Crippen molar-refractivity contribution in [3.05, 3.63) is 62.1 Å². The van der Waals surface area contributed by atoms with Gasteiger partial charge in [-0.25, -0.2) is 4.99 Å². The third-order valence-electron chi connectivity index (χ3n) is 3.19. The van der Waals surface area contributed by atoms with Crippen molar-refractivity contribution in [3.8, 4) is 5.75 Å². The first-order valence-corrected chi connectivity index (χ1v) is 8.75. The van der Waals surface area contributed by atoms with Crippen LogP contribution in [0.15, 0.2) is 52.4 Å². The maximum Gasteiger partial charge on any atom is 0.264 e. The number of benzene rings is 2. The highest BCUT2D eigenvalue weighted by Crippen LogP contribution is 2.29. The SMILES string of the molecule is Cc1ccc(N=C2NC(=O)/C(=C/c3ccc(O)c(I)c3)S2)cc1. The molecule has 1 saturated heterocycles. The zero-order chi connectivity index (χ0) is 16.4. The second kappa shape index (κ2) is 6.76. The molecule has 0 bridgehead atoms. The number of carbonyl (C=O) groups excluding carboxylic acids is 1. The molecule has 4 nitrogen and oxygen atoms in total. The quantitative estimate of drug-likeness (QED) is 0.548. The molecule has 116 valence electrons. The highest BCUT2D eigenvalue weighted by molar-refractivity contribution is 14.1. The summed E-state index contributed by atoms with van der Waals surface area (Å²) in [5.41, 5.74) is 2.83. The minimum atomic E-state index is -0.163. The largest absolute Gasteiger partial charge is 0.507 e. The Kier molecular flexibility index (Phi) is 4.72. The van der Waals surface area contributed by atoms with Crippen LogP contribution in [-0.4, -0.2) is 16.2 Å². The predicted octanol–water partition coefficient (Wildman–Crippen LogP) is 4.20. The van der Waals surface area contributed by atoms with E-state index in [0.717, 1.165) is 14.8 Å². The minimum absolute atomic E-state index is 0.163. The average molecular weight is 436 g/mol. The van der Waals surface area contributed by atoms with Crippen molar-refractivity contribution in [1.82, 2.24) is 5.32 Å². The number of amides is 1. The number of thioether (sulfide) groups is 1. The van der Waals surface area contributed by atoms with Crippen molar-refractivity contribution in [3.63, 3.8) is 0 Å². The van der Waals surface area contributed by atoms with Crippen LogP contribution in [0.1, 0.15) is 11.1 Å². The molecule has 6 heteroatoms. The summed E-state index contributed by atoms with van der Waals surface area (Å²) in [5, 5.41) is 12.9. The Bertz CT molecular complexity index is 829. The average Bonchev–Trinajstić information content (AvgIpc) is 2.85. The van der Waals surface area contributed by atoms with Crippen LogP contribution in [-0.2, 0) is 4.79 Å². The zero-order valence-electron chi connectivity index (χ0n) is 12.2. The van der Waals surface area contributed by atoms with Crippen LogP contribution in [0.25, 0.3) is 6.08 Å². The predicted molar refractivity (Wildman–Crippen MR) is 103 cm³/mol. The normalized spacial score (nSPS) is 17.7. The molecule has 0 spiro atoms. The van der Waals surface area contributed by atoms with Crippen molar-refractivity contribution in [1.29, 1.82) is 0 Å². The molecule has 3 rings (SSSR count). The molecule has 0 atom stereocenters. The van der Waals surface area contributed by atoms with Gasteiger partial charge < -0.3 is 10.4 Å². The van der Waals surface area contributed by atoms with Gasteiger partial charge in [-0.2, -0.15) is 0 Å². The summed E-state index contributed by atoms with van der Waals surface area (Å²) in [6.45, 7) is 2.02. The second-order valence-corrected chi connectivity index (χ2v) is 7.22. The Balaban J connectivity index is 1.83. The summed E-state index contributed by atoms with van der Waals surface area (Å²) in [6.07, 6.45) is 1.79. The van der Waals surface area contributed by atoms with E-state index in [4.69, 9.17) is 0 Å². The molecule has 23 heavy (non-hydrogen) atoms. The summed E-state index contributed by atoms with van der Waals surface area (Å²) in [6, 6.07) is 13.0. The van der Waals surface area contributed by atoms with Crippen molar-refractivity contribution in [2.24, 2.45) is 4.99 Å². The number of phenolic OH excluding ortho intramolecular Hbond substituents is 1. The van der Waals surface area contributed by atoms with Gasteiger partial charge in [-0.15, -0.1) is 0 Å². The highest BCUT2D eigenvalue weighted by Gasteiger charge is 2.23. The highest BCUT2D eigenvalue weighted by atomic mass is 127. The summed E-state index contributed by atoms with van der Waals surface area (Å²) < 4.78 is 0.744. The number of aromatic hydroxyl groups is 1. The summed E-state index contributed by atoms with van der Waals surface area (Å²) in [7, 11) is 0. The maximum absolute atomic E-state index is 12.1. The van der Waals surface area contributed by atoms with Crippen LogP contribution in [0, 0.1) is 10.5 Å². The standard InChI is InChI=1S/C17H13IN2O2S/c1-10-2-5-12(6-3-10)19-17-20-16(22)15(23-17)9-11-4-7-14(21)13(18)8-11/h2-9,21H,1H3,(H,19,20,22)/b15-9-. The Morgan fingerprint density at radius 2 is 1.96 bits per heavy atom. The fraction of sp³-hybridized carbons (Fsp3) is 0.0588. The summed E-state index contributed by atoms with van der Waals surface area (Å²) in [4.78, 5) is 17.1. The molecule has 2 aromatic carbocycles. The summed E-state index contributed by atoms with van der Waals surface area (Å²) >= 11 is 3.36. The van der Waals surface area contributed by atoms with Gasteiger partial charge in [0.1, 0.15) is 5.75 Å². The van der Waals surface area contributed by atoms with Crippen LogP contribution in [0.3, 0.4) is 0 Å². The number of hydrogen-bond acceptors (Lipinski definition) is 4. The van der Waals surface area contributed by atoms with Crippen LogP contribution < -0.4 is 5.32 Å². The molecule has 2 aromatic rings. The molecular weight excluding hydrogens is 423 g/mol. The maximum atomic E-state index is 12.1. The Hall–Kier alpha value is -1.80. The lowest BCUT2D eigenvalue weighted by atomic mass is 10.2. The molecule has 2 N–H and O–H groups in total. The number of aliphatic imine (C=N–C) groups is 1. The zero-order valence-corrected chi connectivity index (χ0v) is 15.2.